The minimum absolute atomic E-state index is 0.0460. The Morgan fingerprint density at radius 2 is 1.33 bits per heavy atom. The molecular weight excluding hydrogens is 281 g/mol. The molecule has 1 N–H and O–H groups in total. The first-order chi connectivity index (χ1) is 9.85. The minimum Gasteiger partial charge on any atom is -0.496 e. The highest BCUT2D eigenvalue weighted by molar-refractivity contribution is 5.45. The molecule has 1 unspecified atom stereocenters. The Hall–Kier alpha value is -2.01. The molecule has 0 aliphatic heterocycles. The standard InChI is InChI=1S/C16H15F3O2/c1-8-4-10(5-9(2)16(8)21-3)15(20)11-6-12(17)14(19)13(18)7-11/h4-7,15,20H,1-3H3. The molecule has 0 amide bonds. The van der Waals surface area contributed by atoms with E-state index in [9.17, 15) is 18.3 Å². The van der Waals surface area contributed by atoms with Crippen LogP contribution in [0.4, 0.5) is 13.2 Å². The van der Waals surface area contributed by atoms with Crippen molar-refractivity contribution in [3.8, 4) is 5.75 Å². The average molecular weight is 296 g/mol. The third kappa shape index (κ3) is 2.88. The zero-order valence-electron chi connectivity index (χ0n) is 11.9. The molecule has 0 aromatic heterocycles. The van der Waals surface area contributed by atoms with E-state index in [1.165, 1.54) is 7.11 Å². The normalized spacial score (nSPS) is 12.3. The van der Waals surface area contributed by atoms with Crippen LogP contribution in [0.2, 0.25) is 0 Å². The van der Waals surface area contributed by atoms with E-state index >= 15 is 0 Å². The zero-order valence-corrected chi connectivity index (χ0v) is 11.9. The molecule has 2 nitrogen and oxygen atoms in total. The summed E-state index contributed by atoms with van der Waals surface area (Å²) < 4.78 is 44.7. The van der Waals surface area contributed by atoms with Crippen molar-refractivity contribution in [3.05, 3.63) is 64.0 Å². The van der Waals surface area contributed by atoms with Gasteiger partial charge in [0.15, 0.2) is 17.5 Å². The fourth-order valence-corrected chi connectivity index (χ4v) is 2.39. The van der Waals surface area contributed by atoms with E-state index in [1.54, 1.807) is 26.0 Å². The molecule has 0 radical (unpaired) electrons. The molecule has 0 spiro atoms. The van der Waals surface area contributed by atoms with E-state index in [-0.39, 0.29) is 5.56 Å². The van der Waals surface area contributed by atoms with Crippen LogP contribution in [0.3, 0.4) is 0 Å². The first-order valence-corrected chi connectivity index (χ1v) is 6.32. The van der Waals surface area contributed by atoms with Gasteiger partial charge in [0.05, 0.1) is 7.11 Å². The zero-order chi connectivity index (χ0) is 15.7. The Morgan fingerprint density at radius 3 is 1.76 bits per heavy atom. The lowest BCUT2D eigenvalue weighted by atomic mass is 9.97. The van der Waals surface area contributed by atoms with E-state index in [0.717, 1.165) is 23.3 Å². The Kier molecular flexibility index (Phi) is 4.23. The molecule has 5 heteroatoms. The summed E-state index contributed by atoms with van der Waals surface area (Å²) in [5.41, 5.74) is 1.98. The van der Waals surface area contributed by atoms with Gasteiger partial charge in [0.25, 0.3) is 0 Å². The first-order valence-electron chi connectivity index (χ1n) is 6.32. The number of benzene rings is 2. The fourth-order valence-electron chi connectivity index (χ4n) is 2.39. The number of aliphatic hydroxyl groups excluding tert-OH is 1. The van der Waals surface area contributed by atoms with Gasteiger partial charge in [-0.3, -0.25) is 0 Å². The van der Waals surface area contributed by atoms with Gasteiger partial charge in [0, 0.05) is 0 Å². The molecular formula is C16H15F3O2. The van der Waals surface area contributed by atoms with Gasteiger partial charge in [-0.05, 0) is 60.4 Å². The molecule has 0 saturated carbocycles. The Balaban J connectivity index is 2.47. The van der Waals surface area contributed by atoms with Crippen molar-refractivity contribution in [3.63, 3.8) is 0 Å². The van der Waals surface area contributed by atoms with Crippen LogP contribution in [-0.2, 0) is 0 Å². The lowest BCUT2D eigenvalue weighted by molar-refractivity contribution is 0.218. The topological polar surface area (TPSA) is 29.5 Å². The van der Waals surface area contributed by atoms with Crippen molar-refractivity contribution in [2.45, 2.75) is 20.0 Å². The van der Waals surface area contributed by atoms with Crippen molar-refractivity contribution < 1.29 is 23.0 Å². The van der Waals surface area contributed by atoms with Crippen LogP contribution >= 0.6 is 0 Å². The summed E-state index contributed by atoms with van der Waals surface area (Å²) in [6.45, 7) is 3.60. The monoisotopic (exact) mass is 296 g/mol. The van der Waals surface area contributed by atoms with Gasteiger partial charge in [-0.25, -0.2) is 13.2 Å². The van der Waals surface area contributed by atoms with Gasteiger partial charge in [-0.2, -0.15) is 0 Å². The summed E-state index contributed by atoms with van der Waals surface area (Å²) in [6, 6.07) is 4.90. The lowest BCUT2D eigenvalue weighted by Gasteiger charge is -2.16. The summed E-state index contributed by atoms with van der Waals surface area (Å²) in [5.74, 6) is -3.52. The van der Waals surface area contributed by atoms with Crippen molar-refractivity contribution in [2.24, 2.45) is 0 Å². The number of halogens is 3. The van der Waals surface area contributed by atoms with Crippen molar-refractivity contribution >= 4 is 0 Å². The third-order valence-electron chi connectivity index (χ3n) is 3.32. The molecule has 1 atom stereocenters. The summed E-state index contributed by atoms with van der Waals surface area (Å²) >= 11 is 0. The SMILES string of the molecule is COc1c(C)cc(C(O)c2cc(F)c(F)c(F)c2)cc1C. The van der Waals surface area contributed by atoms with Crippen LogP contribution in [0.25, 0.3) is 0 Å². The van der Waals surface area contributed by atoms with Crippen LogP contribution < -0.4 is 4.74 Å². The number of aliphatic hydroxyl groups is 1. The molecule has 2 aromatic rings. The maximum atomic E-state index is 13.2. The molecule has 0 saturated heterocycles. The first kappa shape index (κ1) is 15.4. The summed E-state index contributed by atoms with van der Waals surface area (Å²) in [6.07, 6.45) is -1.25. The highest BCUT2D eigenvalue weighted by atomic mass is 19.2. The Bertz CT molecular complexity index is 637. The molecule has 2 rings (SSSR count). The van der Waals surface area contributed by atoms with Crippen molar-refractivity contribution in [1.82, 2.24) is 0 Å². The molecule has 0 aliphatic rings. The predicted molar refractivity (Wildman–Crippen MR) is 72.8 cm³/mol. The second-order valence-corrected chi connectivity index (χ2v) is 4.89. The molecule has 0 aliphatic carbocycles. The molecule has 21 heavy (non-hydrogen) atoms. The van der Waals surface area contributed by atoms with E-state index in [0.29, 0.717) is 11.3 Å². The predicted octanol–water partition coefficient (Wildman–Crippen LogP) is 3.81. The van der Waals surface area contributed by atoms with Crippen LogP contribution in [-0.4, -0.2) is 12.2 Å². The van der Waals surface area contributed by atoms with Crippen LogP contribution in [0.15, 0.2) is 24.3 Å². The Labute approximate surface area is 120 Å². The number of aryl methyl sites for hydroxylation is 2. The van der Waals surface area contributed by atoms with E-state index in [1.807, 2.05) is 0 Å². The average Bonchev–Trinajstić information content (AvgIpc) is 2.43. The number of rotatable bonds is 3. The van der Waals surface area contributed by atoms with E-state index in [4.69, 9.17) is 4.74 Å². The lowest BCUT2D eigenvalue weighted by Crippen LogP contribution is -2.04. The van der Waals surface area contributed by atoms with Gasteiger partial charge < -0.3 is 9.84 Å². The number of ether oxygens (including phenoxy) is 1. The van der Waals surface area contributed by atoms with E-state index in [2.05, 4.69) is 0 Å². The van der Waals surface area contributed by atoms with Crippen LogP contribution in [0.5, 0.6) is 5.75 Å². The van der Waals surface area contributed by atoms with Gasteiger partial charge in [0.2, 0.25) is 0 Å². The van der Waals surface area contributed by atoms with Crippen LogP contribution in [0.1, 0.15) is 28.4 Å². The van der Waals surface area contributed by atoms with Gasteiger partial charge in [-0.15, -0.1) is 0 Å². The molecule has 0 bridgehead atoms. The molecule has 0 fully saturated rings. The minimum atomic E-state index is -1.55. The third-order valence-corrected chi connectivity index (χ3v) is 3.32. The molecule has 112 valence electrons. The van der Waals surface area contributed by atoms with Gasteiger partial charge in [0.1, 0.15) is 11.9 Å². The summed E-state index contributed by atoms with van der Waals surface area (Å²) in [5, 5.41) is 10.2. The smallest absolute Gasteiger partial charge is 0.194 e. The number of hydrogen-bond donors (Lipinski definition) is 1. The summed E-state index contributed by atoms with van der Waals surface area (Å²) in [7, 11) is 1.54. The summed E-state index contributed by atoms with van der Waals surface area (Å²) in [4.78, 5) is 0. The van der Waals surface area contributed by atoms with E-state index < -0.39 is 23.6 Å². The highest BCUT2D eigenvalue weighted by Gasteiger charge is 2.18. The maximum absolute atomic E-state index is 13.2. The second kappa shape index (κ2) is 5.77. The van der Waals surface area contributed by atoms with Crippen molar-refractivity contribution in [2.75, 3.05) is 7.11 Å². The quantitative estimate of drug-likeness (QED) is 0.873. The maximum Gasteiger partial charge on any atom is 0.194 e. The molecule has 2 aromatic carbocycles. The van der Waals surface area contributed by atoms with Gasteiger partial charge >= 0.3 is 0 Å². The molecule has 0 heterocycles. The van der Waals surface area contributed by atoms with Gasteiger partial charge in [-0.1, -0.05) is 0 Å². The second-order valence-electron chi connectivity index (χ2n) is 4.89. The highest BCUT2D eigenvalue weighted by Crippen LogP contribution is 2.31. The number of methoxy groups -OCH3 is 1. The van der Waals surface area contributed by atoms with Crippen molar-refractivity contribution in [1.29, 1.82) is 0 Å². The largest absolute Gasteiger partial charge is 0.496 e. The number of hydrogen-bond acceptors (Lipinski definition) is 2. The Morgan fingerprint density at radius 1 is 0.905 bits per heavy atom. The fraction of sp³-hybridized carbons (Fsp3) is 0.250. The van der Waals surface area contributed by atoms with Crippen LogP contribution in [0, 0.1) is 31.3 Å².